The van der Waals surface area contributed by atoms with E-state index in [-0.39, 0.29) is 42.9 Å². The lowest BCUT2D eigenvalue weighted by Crippen LogP contribution is -2.56. The number of amides is 3. The Kier molecular flexibility index (Phi) is 9.96. The van der Waals surface area contributed by atoms with Crippen LogP contribution in [0.25, 0.3) is 0 Å². The van der Waals surface area contributed by atoms with Gasteiger partial charge < -0.3 is 20.1 Å². The highest BCUT2D eigenvalue weighted by Crippen LogP contribution is 2.30. The molecule has 0 spiro atoms. The first-order valence-electron chi connectivity index (χ1n) is 13.8. The first-order chi connectivity index (χ1) is 21.2. The van der Waals surface area contributed by atoms with Crippen LogP contribution in [0.5, 0.6) is 0 Å². The second-order valence-electron chi connectivity index (χ2n) is 11.3. The number of hydrogen-bond acceptors (Lipinski definition) is 5. The molecule has 2 aromatic carbocycles. The zero-order chi connectivity index (χ0) is 32.9. The summed E-state index contributed by atoms with van der Waals surface area (Å²) in [4.78, 5) is 43.8. The molecule has 1 aliphatic rings. The van der Waals surface area contributed by atoms with Crippen molar-refractivity contribution in [2.45, 2.75) is 44.8 Å². The minimum absolute atomic E-state index is 0.0642. The molecule has 3 amide bonds. The van der Waals surface area contributed by atoms with E-state index in [2.05, 4.69) is 22.1 Å². The molecule has 9 nitrogen and oxygen atoms in total. The molecular formula is C32H30F4N4O5. The highest BCUT2D eigenvalue weighted by Gasteiger charge is 2.33. The number of carboxylic acid groups (broad SMARTS) is 1. The Labute approximate surface area is 256 Å². The third-order valence-electron chi connectivity index (χ3n) is 6.76. The number of halogens is 4. The largest absolute Gasteiger partial charge is 0.465 e. The van der Waals surface area contributed by atoms with Crippen LogP contribution in [0, 0.1) is 35.1 Å². The van der Waals surface area contributed by atoms with Crippen molar-refractivity contribution in [1.29, 1.82) is 0 Å². The van der Waals surface area contributed by atoms with E-state index in [0.29, 0.717) is 11.6 Å². The molecular weight excluding hydrogens is 596 g/mol. The normalized spacial score (nSPS) is 15.5. The summed E-state index contributed by atoms with van der Waals surface area (Å²) in [7, 11) is 0. The average molecular weight is 627 g/mol. The first-order valence-corrected chi connectivity index (χ1v) is 13.8. The summed E-state index contributed by atoms with van der Waals surface area (Å²) in [6.45, 7) is 4.92. The van der Waals surface area contributed by atoms with Gasteiger partial charge in [0.15, 0.2) is 5.82 Å². The zero-order valence-electron chi connectivity index (χ0n) is 24.6. The third kappa shape index (κ3) is 8.72. The molecule has 1 saturated heterocycles. The fraction of sp³-hybridized carbons (Fsp3) is 0.312. The van der Waals surface area contributed by atoms with Crippen molar-refractivity contribution in [3.05, 3.63) is 94.8 Å². The molecule has 2 N–H and O–H groups in total. The second-order valence-corrected chi connectivity index (χ2v) is 11.3. The Morgan fingerprint density at radius 3 is 2.29 bits per heavy atom. The number of nitrogens with zero attached hydrogens (tertiary/aromatic N) is 3. The van der Waals surface area contributed by atoms with Crippen molar-refractivity contribution >= 4 is 23.8 Å². The van der Waals surface area contributed by atoms with Crippen molar-refractivity contribution < 1.29 is 41.8 Å². The number of pyridine rings is 1. The van der Waals surface area contributed by atoms with Gasteiger partial charge in [-0.3, -0.25) is 14.7 Å². The summed E-state index contributed by atoms with van der Waals surface area (Å²) in [5.74, 6) is 0.469. The number of rotatable bonds is 5. The number of ether oxygens (including phenoxy) is 1. The summed E-state index contributed by atoms with van der Waals surface area (Å²) >= 11 is 0. The molecule has 0 radical (unpaired) electrons. The standard InChI is InChI=1S/C32H30F4N4O5/c1-32(2,3)45-31(44)39-10-11-40(30(42)43)24(18-39)8-9-25-27(36)16-37-17-28(25)38-29(41)15-26(19-4-6-21(33)7-5-19)20-12-22(34)14-23(35)13-20/h4-7,12-14,16-17,24,26H,10-11,15,18H2,1-3H3,(H,38,41)(H,42,43)/t24?,26-/m0/s1. The van der Waals surface area contributed by atoms with Crippen LogP contribution >= 0.6 is 0 Å². The van der Waals surface area contributed by atoms with Gasteiger partial charge in [-0.25, -0.2) is 27.2 Å². The molecule has 45 heavy (non-hydrogen) atoms. The summed E-state index contributed by atoms with van der Waals surface area (Å²) < 4.78 is 62.1. The monoisotopic (exact) mass is 626 g/mol. The van der Waals surface area contributed by atoms with Crippen LogP contribution in [0.1, 0.15) is 49.8 Å². The predicted octanol–water partition coefficient (Wildman–Crippen LogP) is 5.75. The van der Waals surface area contributed by atoms with E-state index < -0.39 is 58.9 Å². The van der Waals surface area contributed by atoms with Crippen LogP contribution < -0.4 is 5.32 Å². The fourth-order valence-electron chi connectivity index (χ4n) is 4.73. The highest BCUT2D eigenvalue weighted by atomic mass is 19.1. The van der Waals surface area contributed by atoms with Gasteiger partial charge in [0, 0.05) is 31.5 Å². The molecule has 4 rings (SSSR count). The van der Waals surface area contributed by atoms with Crippen molar-refractivity contribution in [2.24, 2.45) is 0 Å². The number of anilines is 1. The Hall–Kier alpha value is -5.12. The molecule has 1 aromatic heterocycles. The maximum atomic E-state index is 15.0. The molecule has 0 bridgehead atoms. The fourth-order valence-corrected chi connectivity index (χ4v) is 4.73. The SMILES string of the molecule is CC(C)(C)OC(=O)N1CCN(C(=O)O)C(C#Cc2c(F)cncc2NC(=O)C[C@@H](c2ccc(F)cc2)c2cc(F)cc(F)c2)C1. The lowest BCUT2D eigenvalue weighted by Gasteiger charge is -2.38. The van der Waals surface area contributed by atoms with Gasteiger partial charge in [0.2, 0.25) is 5.91 Å². The molecule has 236 valence electrons. The predicted molar refractivity (Wildman–Crippen MR) is 155 cm³/mol. The van der Waals surface area contributed by atoms with E-state index in [1.807, 2.05) is 0 Å². The number of carbonyl (C=O) groups excluding carboxylic acids is 2. The van der Waals surface area contributed by atoms with E-state index in [0.717, 1.165) is 41.6 Å². The second kappa shape index (κ2) is 13.7. The Bertz CT molecular complexity index is 1630. The summed E-state index contributed by atoms with van der Waals surface area (Å²) in [5, 5.41) is 12.2. The Morgan fingerprint density at radius 2 is 1.67 bits per heavy atom. The number of nitrogens with one attached hydrogen (secondary N) is 1. The number of benzene rings is 2. The topological polar surface area (TPSA) is 112 Å². The Morgan fingerprint density at radius 1 is 1.00 bits per heavy atom. The maximum absolute atomic E-state index is 15.0. The van der Waals surface area contributed by atoms with Crippen LogP contribution in [0.2, 0.25) is 0 Å². The van der Waals surface area contributed by atoms with Gasteiger partial charge in [-0.2, -0.15) is 0 Å². The first kappa shape index (κ1) is 32.8. The molecule has 2 atom stereocenters. The van der Waals surface area contributed by atoms with Crippen LogP contribution in [-0.4, -0.2) is 69.3 Å². The molecule has 2 heterocycles. The average Bonchev–Trinajstić information content (AvgIpc) is 2.94. The molecule has 3 aromatic rings. The van der Waals surface area contributed by atoms with Crippen molar-refractivity contribution in [3.8, 4) is 11.8 Å². The Balaban J connectivity index is 1.60. The van der Waals surface area contributed by atoms with Crippen LogP contribution in [0.4, 0.5) is 32.8 Å². The smallest absolute Gasteiger partial charge is 0.410 e. The van der Waals surface area contributed by atoms with E-state index in [4.69, 9.17) is 4.74 Å². The third-order valence-corrected chi connectivity index (χ3v) is 6.76. The lowest BCUT2D eigenvalue weighted by atomic mass is 9.88. The van der Waals surface area contributed by atoms with Crippen LogP contribution in [0.15, 0.2) is 54.9 Å². The summed E-state index contributed by atoms with van der Waals surface area (Å²) in [6.07, 6.45) is -0.320. The van der Waals surface area contributed by atoms with Gasteiger partial charge in [0.05, 0.1) is 30.2 Å². The highest BCUT2D eigenvalue weighted by molar-refractivity contribution is 5.93. The quantitative estimate of drug-likeness (QED) is 0.276. The van der Waals surface area contributed by atoms with Gasteiger partial charge >= 0.3 is 12.2 Å². The lowest BCUT2D eigenvalue weighted by molar-refractivity contribution is -0.116. The van der Waals surface area contributed by atoms with Gasteiger partial charge in [0.25, 0.3) is 0 Å². The van der Waals surface area contributed by atoms with Crippen LogP contribution in [-0.2, 0) is 9.53 Å². The van der Waals surface area contributed by atoms with Gasteiger partial charge in [-0.05, 0) is 56.2 Å². The molecule has 0 saturated carbocycles. The minimum Gasteiger partial charge on any atom is -0.465 e. The molecule has 13 heteroatoms. The van der Waals surface area contributed by atoms with Crippen molar-refractivity contribution in [2.75, 3.05) is 25.0 Å². The number of piperazine rings is 1. The van der Waals surface area contributed by atoms with Crippen molar-refractivity contribution in [1.82, 2.24) is 14.8 Å². The zero-order valence-corrected chi connectivity index (χ0v) is 24.6. The van der Waals surface area contributed by atoms with E-state index in [1.165, 1.54) is 17.0 Å². The maximum Gasteiger partial charge on any atom is 0.410 e. The van der Waals surface area contributed by atoms with Crippen molar-refractivity contribution in [3.63, 3.8) is 0 Å². The number of aromatic nitrogens is 1. The molecule has 1 unspecified atom stereocenters. The molecule has 1 fully saturated rings. The van der Waals surface area contributed by atoms with E-state index in [9.17, 15) is 37.1 Å². The van der Waals surface area contributed by atoms with Crippen LogP contribution in [0.3, 0.4) is 0 Å². The van der Waals surface area contributed by atoms with Gasteiger partial charge in [0.1, 0.15) is 29.1 Å². The molecule has 0 aliphatic carbocycles. The van der Waals surface area contributed by atoms with E-state index in [1.54, 1.807) is 20.8 Å². The van der Waals surface area contributed by atoms with E-state index >= 15 is 0 Å². The summed E-state index contributed by atoms with van der Waals surface area (Å²) in [6, 6.07) is 6.81. The minimum atomic E-state index is -1.29. The van der Waals surface area contributed by atoms with Gasteiger partial charge in [-0.15, -0.1) is 0 Å². The molecule has 1 aliphatic heterocycles. The number of hydrogen-bond donors (Lipinski definition) is 2. The summed E-state index contributed by atoms with van der Waals surface area (Å²) in [5.41, 5.74) is -0.707. The van der Waals surface area contributed by atoms with Gasteiger partial charge in [-0.1, -0.05) is 24.0 Å². The number of carbonyl (C=O) groups is 3.